The molecule has 8 nitrogen and oxygen atoms in total. The van der Waals surface area contributed by atoms with Gasteiger partial charge in [-0.3, -0.25) is 10.1 Å². The first-order chi connectivity index (χ1) is 11.6. The van der Waals surface area contributed by atoms with Crippen LogP contribution in [0.4, 0.5) is 5.69 Å². The van der Waals surface area contributed by atoms with E-state index in [1.807, 2.05) is 30.3 Å². The highest BCUT2D eigenvalue weighted by Gasteiger charge is 2.11. The number of nitro benzene ring substituents is 1. The van der Waals surface area contributed by atoms with Crippen molar-refractivity contribution in [2.75, 3.05) is 5.75 Å². The summed E-state index contributed by atoms with van der Waals surface area (Å²) in [6.07, 6.45) is 0. The van der Waals surface area contributed by atoms with E-state index in [9.17, 15) is 14.9 Å². The molecule has 0 bridgehead atoms. The summed E-state index contributed by atoms with van der Waals surface area (Å²) in [5.41, 5.74) is 0.0172. The van der Waals surface area contributed by atoms with E-state index < -0.39 is 4.92 Å². The quantitative estimate of drug-likeness (QED) is 0.386. The molecule has 0 saturated heterocycles. The van der Waals surface area contributed by atoms with Gasteiger partial charge >= 0.3 is 5.69 Å². The lowest BCUT2D eigenvalue weighted by molar-refractivity contribution is -0.384. The highest BCUT2D eigenvalue weighted by Crippen LogP contribution is 2.16. The van der Waals surface area contributed by atoms with Crippen LogP contribution in [0.15, 0.2) is 64.3 Å². The Kier molecular flexibility index (Phi) is 4.71. The van der Waals surface area contributed by atoms with E-state index in [2.05, 4.69) is 10.4 Å². The zero-order valence-corrected chi connectivity index (χ0v) is 13.3. The third-order valence-corrected chi connectivity index (χ3v) is 4.25. The summed E-state index contributed by atoms with van der Waals surface area (Å²) < 4.78 is 2.40. The summed E-state index contributed by atoms with van der Waals surface area (Å²) in [6.45, 7) is 0.422. The molecular formula is C15H13N5O3S. The van der Waals surface area contributed by atoms with Gasteiger partial charge in [0.05, 0.1) is 17.2 Å². The van der Waals surface area contributed by atoms with Crippen molar-refractivity contribution in [2.24, 2.45) is 0 Å². The maximum absolute atomic E-state index is 12.3. The first kappa shape index (κ1) is 15.9. The Hall–Kier alpha value is -2.94. The van der Waals surface area contributed by atoms with Crippen molar-refractivity contribution in [3.05, 3.63) is 75.2 Å². The molecule has 0 aliphatic rings. The molecule has 1 heterocycles. The van der Waals surface area contributed by atoms with Gasteiger partial charge in [0.15, 0.2) is 0 Å². The van der Waals surface area contributed by atoms with Gasteiger partial charge in [0.2, 0.25) is 0 Å². The van der Waals surface area contributed by atoms with Gasteiger partial charge in [0.1, 0.15) is 0 Å². The topological polar surface area (TPSA) is 95.8 Å². The molecule has 122 valence electrons. The maximum atomic E-state index is 12.3. The zero-order valence-electron chi connectivity index (χ0n) is 12.5. The molecule has 0 amide bonds. The minimum atomic E-state index is -0.496. The Morgan fingerprint density at radius 3 is 2.42 bits per heavy atom. The van der Waals surface area contributed by atoms with E-state index in [-0.39, 0.29) is 11.4 Å². The fourth-order valence-corrected chi connectivity index (χ4v) is 2.91. The van der Waals surface area contributed by atoms with E-state index in [1.165, 1.54) is 28.9 Å². The number of aryl methyl sites for hydroxylation is 1. The monoisotopic (exact) mass is 343 g/mol. The molecule has 0 aliphatic heterocycles. The smallest absolute Gasteiger partial charge is 0.258 e. The third kappa shape index (κ3) is 3.51. The lowest BCUT2D eigenvalue weighted by Crippen LogP contribution is -2.25. The Morgan fingerprint density at radius 1 is 1.04 bits per heavy atom. The van der Waals surface area contributed by atoms with Crippen LogP contribution in [-0.4, -0.2) is 30.5 Å². The van der Waals surface area contributed by atoms with E-state index in [4.69, 9.17) is 0 Å². The van der Waals surface area contributed by atoms with Crippen LogP contribution in [0.5, 0.6) is 0 Å². The Balaban J connectivity index is 1.69. The van der Waals surface area contributed by atoms with Crippen LogP contribution in [0, 0.1) is 10.1 Å². The van der Waals surface area contributed by atoms with Crippen LogP contribution in [0.1, 0.15) is 0 Å². The predicted molar refractivity (Wildman–Crippen MR) is 89.4 cm³/mol. The number of hydrogen-bond acceptors (Lipinski definition) is 6. The van der Waals surface area contributed by atoms with Gasteiger partial charge in [0.25, 0.3) is 5.69 Å². The van der Waals surface area contributed by atoms with Crippen molar-refractivity contribution in [1.82, 2.24) is 19.8 Å². The molecule has 3 aromatic rings. The van der Waals surface area contributed by atoms with Crippen molar-refractivity contribution >= 4 is 17.4 Å². The van der Waals surface area contributed by atoms with Crippen LogP contribution in [0.2, 0.25) is 0 Å². The number of rotatable bonds is 6. The van der Waals surface area contributed by atoms with Crippen LogP contribution in [-0.2, 0) is 6.54 Å². The Labute approximate surface area is 140 Å². The van der Waals surface area contributed by atoms with Crippen molar-refractivity contribution in [1.29, 1.82) is 0 Å². The summed E-state index contributed by atoms with van der Waals surface area (Å²) in [5, 5.41) is 18.3. The molecule has 0 N–H and O–H groups in total. The maximum Gasteiger partial charge on any atom is 0.368 e. The second-order valence-corrected chi connectivity index (χ2v) is 6.00. The van der Waals surface area contributed by atoms with Crippen LogP contribution in [0.25, 0.3) is 5.69 Å². The fraction of sp³-hybridized carbons (Fsp3) is 0.133. The number of benzene rings is 2. The molecule has 0 saturated carbocycles. The molecule has 0 atom stereocenters. The first-order valence-corrected chi connectivity index (χ1v) is 8.09. The number of nitro groups is 1. The first-order valence-electron chi connectivity index (χ1n) is 7.10. The van der Waals surface area contributed by atoms with Gasteiger partial charge in [-0.05, 0) is 34.7 Å². The lowest BCUT2D eigenvalue weighted by atomic mass is 10.3. The van der Waals surface area contributed by atoms with Gasteiger partial charge < -0.3 is 0 Å². The lowest BCUT2D eigenvalue weighted by Gasteiger charge is -2.00. The summed E-state index contributed by atoms with van der Waals surface area (Å²) in [6, 6.07) is 15.5. The summed E-state index contributed by atoms with van der Waals surface area (Å²) >= 11 is 1.62. The van der Waals surface area contributed by atoms with Crippen molar-refractivity contribution in [3.8, 4) is 5.69 Å². The van der Waals surface area contributed by atoms with Crippen LogP contribution >= 0.6 is 11.8 Å². The summed E-state index contributed by atoms with van der Waals surface area (Å²) in [5.74, 6) is 0.683. The van der Waals surface area contributed by atoms with Gasteiger partial charge in [-0.15, -0.1) is 11.8 Å². The fourth-order valence-electron chi connectivity index (χ4n) is 2.06. The molecule has 0 fully saturated rings. The minimum Gasteiger partial charge on any atom is -0.258 e. The molecule has 1 aromatic heterocycles. The third-order valence-electron chi connectivity index (χ3n) is 3.26. The molecule has 0 unspecified atom stereocenters. The number of non-ortho nitro benzene ring substituents is 1. The zero-order chi connectivity index (χ0) is 16.9. The van der Waals surface area contributed by atoms with E-state index >= 15 is 0 Å². The molecule has 0 radical (unpaired) electrons. The minimum absolute atomic E-state index is 0.0431. The van der Waals surface area contributed by atoms with Gasteiger partial charge in [-0.25, -0.2) is 4.79 Å². The highest BCUT2D eigenvalue weighted by atomic mass is 32.2. The molecule has 0 spiro atoms. The molecular weight excluding hydrogens is 330 g/mol. The average molecular weight is 343 g/mol. The molecule has 9 heteroatoms. The SMILES string of the molecule is O=c1n(CCSc2ccccc2)nnn1-c1ccc([N+](=O)[O-])cc1. The normalized spacial score (nSPS) is 10.7. The number of tetrazole rings is 1. The highest BCUT2D eigenvalue weighted by molar-refractivity contribution is 7.99. The largest absolute Gasteiger partial charge is 0.368 e. The Bertz CT molecular complexity index is 889. The predicted octanol–water partition coefficient (Wildman–Crippen LogP) is 2.13. The van der Waals surface area contributed by atoms with Crippen LogP contribution in [0.3, 0.4) is 0 Å². The van der Waals surface area contributed by atoms with Crippen molar-refractivity contribution < 1.29 is 4.92 Å². The Morgan fingerprint density at radius 2 is 1.75 bits per heavy atom. The van der Waals surface area contributed by atoms with Gasteiger partial charge in [-0.1, -0.05) is 18.2 Å². The van der Waals surface area contributed by atoms with Crippen LogP contribution < -0.4 is 5.69 Å². The van der Waals surface area contributed by atoms with E-state index in [0.29, 0.717) is 18.0 Å². The summed E-state index contributed by atoms with van der Waals surface area (Å²) in [7, 11) is 0. The second-order valence-electron chi connectivity index (χ2n) is 4.83. The van der Waals surface area contributed by atoms with Gasteiger partial charge in [0, 0.05) is 22.8 Å². The second kappa shape index (κ2) is 7.09. The van der Waals surface area contributed by atoms with E-state index in [1.54, 1.807) is 11.8 Å². The van der Waals surface area contributed by atoms with Crippen molar-refractivity contribution in [3.63, 3.8) is 0 Å². The molecule has 0 aliphatic carbocycles. The van der Waals surface area contributed by atoms with Gasteiger partial charge in [-0.2, -0.15) is 9.36 Å². The number of thioether (sulfide) groups is 1. The summed E-state index contributed by atoms with van der Waals surface area (Å²) in [4.78, 5) is 23.6. The number of nitrogens with zero attached hydrogens (tertiary/aromatic N) is 5. The number of aromatic nitrogens is 4. The number of hydrogen-bond donors (Lipinski definition) is 0. The standard InChI is InChI=1S/C15H13N5O3S/c21-15-18(10-11-24-14-4-2-1-3-5-14)16-17-19(15)12-6-8-13(9-7-12)20(22)23/h1-9H,10-11H2. The molecule has 24 heavy (non-hydrogen) atoms. The molecule has 2 aromatic carbocycles. The average Bonchev–Trinajstić information content (AvgIpc) is 2.97. The van der Waals surface area contributed by atoms with Crippen molar-refractivity contribution in [2.45, 2.75) is 11.4 Å². The molecule has 3 rings (SSSR count). The van der Waals surface area contributed by atoms with E-state index in [0.717, 1.165) is 9.58 Å².